The van der Waals surface area contributed by atoms with Crippen LogP contribution in [0.3, 0.4) is 0 Å². The van der Waals surface area contributed by atoms with Crippen molar-refractivity contribution in [3.05, 3.63) is 36.2 Å². The molecule has 0 aliphatic heterocycles. The van der Waals surface area contributed by atoms with E-state index in [0.29, 0.717) is 0 Å². The van der Waals surface area contributed by atoms with Crippen LogP contribution in [0.25, 0.3) is 6.08 Å². The van der Waals surface area contributed by atoms with E-state index >= 15 is 0 Å². The highest BCUT2D eigenvalue weighted by Gasteiger charge is 2.17. The molecule has 1 aromatic carbocycles. The first-order valence-electron chi connectivity index (χ1n) is 3.43. The van der Waals surface area contributed by atoms with Crippen LogP contribution in [0.1, 0.15) is 5.56 Å². The predicted octanol–water partition coefficient (Wildman–Crippen LogP) is 0.149. The molecule has 0 atom stereocenters. The van der Waals surface area contributed by atoms with E-state index in [0.717, 1.165) is 0 Å². The van der Waals surface area contributed by atoms with Gasteiger partial charge >= 0.3 is 7.12 Å². The molecule has 1 rings (SSSR count). The second-order valence-electron chi connectivity index (χ2n) is 2.33. The quantitative estimate of drug-likeness (QED) is 0.613. The van der Waals surface area contributed by atoms with Crippen LogP contribution >= 0.6 is 0 Å². The van der Waals surface area contributed by atoms with Crippen molar-refractivity contribution in [2.24, 2.45) is 0 Å². The summed E-state index contributed by atoms with van der Waals surface area (Å²) in [6.07, 6.45) is 1.32. The standard InChI is InChI=1S/C8H8BFO2/c1-2-6-4-3-5-7(8(6)10)9(11)12/h2-5,11-12H,1H2. The van der Waals surface area contributed by atoms with Crippen LogP contribution in [0.4, 0.5) is 4.39 Å². The Bertz CT molecular complexity index is 299. The number of benzene rings is 1. The molecule has 0 saturated carbocycles. The van der Waals surface area contributed by atoms with E-state index in [1.165, 1.54) is 24.3 Å². The Morgan fingerprint density at radius 1 is 1.42 bits per heavy atom. The Labute approximate surface area is 70.1 Å². The molecular weight excluding hydrogens is 158 g/mol. The van der Waals surface area contributed by atoms with E-state index in [2.05, 4.69) is 6.58 Å². The maximum Gasteiger partial charge on any atom is 0.491 e. The highest BCUT2D eigenvalue weighted by atomic mass is 19.1. The molecule has 0 unspecified atom stereocenters. The van der Waals surface area contributed by atoms with E-state index in [9.17, 15) is 4.39 Å². The normalized spacial score (nSPS) is 9.58. The minimum absolute atomic E-state index is 0.132. The summed E-state index contributed by atoms with van der Waals surface area (Å²) < 4.78 is 13.1. The molecule has 0 bridgehead atoms. The van der Waals surface area contributed by atoms with Crippen LogP contribution in [0, 0.1) is 5.82 Å². The number of rotatable bonds is 2. The van der Waals surface area contributed by atoms with Crippen molar-refractivity contribution in [2.75, 3.05) is 0 Å². The van der Waals surface area contributed by atoms with Crippen molar-refractivity contribution in [3.8, 4) is 0 Å². The van der Waals surface area contributed by atoms with Crippen LogP contribution in [0.15, 0.2) is 24.8 Å². The van der Waals surface area contributed by atoms with Crippen LogP contribution in [-0.2, 0) is 0 Å². The SMILES string of the molecule is C=Cc1cccc(B(O)O)c1F. The molecule has 0 aliphatic carbocycles. The zero-order chi connectivity index (χ0) is 9.14. The second kappa shape index (κ2) is 3.52. The highest BCUT2D eigenvalue weighted by Crippen LogP contribution is 2.05. The van der Waals surface area contributed by atoms with Crippen molar-refractivity contribution >= 4 is 18.7 Å². The largest absolute Gasteiger partial charge is 0.491 e. The number of hydrogen-bond acceptors (Lipinski definition) is 2. The molecule has 1 aromatic rings. The molecule has 0 saturated heterocycles. The lowest BCUT2D eigenvalue weighted by Gasteiger charge is -2.03. The molecule has 62 valence electrons. The van der Waals surface area contributed by atoms with Gasteiger partial charge in [0.2, 0.25) is 0 Å². The molecule has 0 aliphatic rings. The van der Waals surface area contributed by atoms with Gasteiger partial charge in [-0.3, -0.25) is 0 Å². The third-order valence-electron chi connectivity index (χ3n) is 1.56. The molecule has 2 nitrogen and oxygen atoms in total. The molecule has 12 heavy (non-hydrogen) atoms. The summed E-state index contributed by atoms with van der Waals surface area (Å²) >= 11 is 0. The fourth-order valence-corrected chi connectivity index (χ4v) is 0.926. The van der Waals surface area contributed by atoms with Crippen LogP contribution in [0.5, 0.6) is 0 Å². The molecular formula is C8H8BFO2. The van der Waals surface area contributed by atoms with Gasteiger partial charge in [-0.15, -0.1) is 0 Å². The second-order valence-corrected chi connectivity index (χ2v) is 2.33. The lowest BCUT2D eigenvalue weighted by atomic mass is 9.79. The van der Waals surface area contributed by atoms with E-state index < -0.39 is 12.9 Å². The summed E-state index contributed by atoms with van der Waals surface area (Å²) in [6.45, 7) is 3.39. The van der Waals surface area contributed by atoms with E-state index in [1.807, 2.05) is 0 Å². The van der Waals surface area contributed by atoms with Crippen molar-refractivity contribution in [3.63, 3.8) is 0 Å². The average molecular weight is 166 g/mol. The topological polar surface area (TPSA) is 40.5 Å². The van der Waals surface area contributed by atoms with Gasteiger partial charge in [0.05, 0.1) is 0 Å². The third kappa shape index (κ3) is 1.54. The van der Waals surface area contributed by atoms with Crippen LogP contribution in [0.2, 0.25) is 0 Å². The summed E-state index contributed by atoms with van der Waals surface area (Å²) in [5.41, 5.74) is 0.132. The van der Waals surface area contributed by atoms with Crippen molar-refractivity contribution < 1.29 is 14.4 Å². The Kier molecular flexibility index (Phi) is 2.63. The molecule has 0 radical (unpaired) electrons. The first kappa shape index (κ1) is 8.97. The monoisotopic (exact) mass is 166 g/mol. The third-order valence-corrected chi connectivity index (χ3v) is 1.56. The molecule has 4 heteroatoms. The zero-order valence-corrected chi connectivity index (χ0v) is 6.37. The van der Waals surface area contributed by atoms with Crippen LogP contribution in [-0.4, -0.2) is 17.2 Å². The van der Waals surface area contributed by atoms with E-state index in [-0.39, 0.29) is 11.0 Å². The lowest BCUT2D eigenvalue weighted by molar-refractivity contribution is 0.423. The van der Waals surface area contributed by atoms with Crippen molar-refractivity contribution in [1.29, 1.82) is 0 Å². The molecule has 0 heterocycles. The van der Waals surface area contributed by atoms with E-state index in [4.69, 9.17) is 10.0 Å². The zero-order valence-electron chi connectivity index (χ0n) is 6.37. The van der Waals surface area contributed by atoms with Gasteiger partial charge in [0.1, 0.15) is 5.82 Å². The van der Waals surface area contributed by atoms with Gasteiger partial charge in [0, 0.05) is 11.0 Å². The maximum absolute atomic E-state index is 13.1. The number of hydrogen-bond donors (Lipinski definition) is 2. The van der Waals surface area contributed by atoms with Gasteiger partial charge in [0.15, 0.2) is 0 Å². The van der Waals surface area contributed by atoms with Crippen molar-refractivity contribution in [2.45, 2.75) is 0 Å². The molecule has 2 N–H and O–H groups in total. The summed E-state index contributed by atoms with van der Waals surface area (Å²) in [5.74, 6) is -0.637. The van der Waals surface area contributed by atoms with Gasteiger partial charge in [-0.2, -0.15) is 0 Å². The molecule has 0 spiro atoms. The Hall–Kier alpha value is -1.13. The van der Waals surface area contributed by atoms with Crippen molar-refractivity contribution in [1.82, 2.24) is 0 Å². The van der Waals surface area contributed by atoms with Gasteiger partial charge in [-0.05, 0) is 0 Å². The van der Waals surface area contributed by atoms with Gasteiger partial charge in [0.25, 0.3) is 0 Å². The maximum atomic E-state index is 13.1. The van der Waals surface area contributed by atoms with E-state index in [1.54, 1.807) is 0 Å². The fraction of sp³-hybridized carbons (Fsp3) is 0. The Morgan fingerprint density at radius 2 is 2.08 bits per heavy atom. The highest BCUT2D eigenvalue weighted by molar-refractivity contribution is 6.58. The lowest BCUT2D eigenvalue weighted by Crippen LogP contribution is -2.33. The summed E-state index contributed by atoms with van der Waals surface area (Å²) in [5, 5.41) is 17.4. The smallest absolute Gasteiger partial charge is 0.423 e. The predicted molar refractivity (Wildman–Crippen MR) is 46.3 cm³/mol. The minimum atomic E-state index is -1.77. The fourth-order valence-electron chi connectivity index (χ4n) is 0.926. The van der Waals surface area contributed by atoms with Crippen LogP contribution < -0.4 is 5.46 Å². The average Bonchev–Trinajstić information content (AvgIpc) is 2.04. The number of halogens is 1. The summed E-state index contributed by atoms with van der Waals surface area (Å²) in [7, 11) is -1.77. The van der Waals surface area contributed by atoms with Gasteiger partial charge in [-0.1, -0.05) is 30.9 Å². The van der Waals surface area contributed by atoms with Gasteiger partial charge in [-0.25, -0.2) is 4.39 Å². The molecule has 0 aromatic heterocycles. The summed E-state index contributed by atoms with van der Waals surface area (Å²) in [6, 6.07) is 4.36. The molecule has 0 fully saturated rings. The summed E-state index contributed by atoms with van der Waals surface area (Å²) in [4.78, 5) is 0. The Balaban J connectivity index is 3.22. The Morgan fingerprint density at radius 3 is 2.58 bits per heavy atom. The first-order chi connectivity index (χ1) is 5.66. The molecule has 0 amide bonds. The minimum Gasteiger partial charge on any atom is -0.423 e. The van der Waals surface area contributed by atoms with Gasteiger partial charge < -0.3 is 10.0 Å². The first-order valence-corrected chi connectivity index (χ1v) is 3.43.